The lowest BCUT2D eigenvalue weighted by Crippen LogP contribution is -2.03. The molecule has 1 aromatic carbocycles. The van der Waals surface area contributed by atoms with Crippen molar-refractivity contribution < 1.29 is 9.59 Å². The zero-order chi connectivity index (χ0) is 9.26. The summed E-state index contributed by atoms with van der Waals surface area (Å²) in [5.74, 6) is 0.0466. The number of benzene rings is 1. The van der Waals surface area contributed by atoms with Crippen molar-refractivity contribution in [1.82, 2.24) is 0 Å². The maximum absolute atomic E-state index is 11.6. The summed E-state index contributed by atoms with van der Waals surface area (Å²) >= 11 is 0. The Morgan fingerprint density at radius 3 is 2.54 bits per heavy atom. The van der Waals surface area contributed by atoms with E-state index in [1.54, 1.807) is 12.1 Å². The number of rotatable bonds is 3. The summed E-state index contributed by atoms with van der Waals surface area (Å²) in [6.45, 7) is 0. The molecule has 0 heterocycles. The quantitative estimate of drug-likeness (QED) is 0.516. The molecule has 13 heavy (non-hydrogen) atoms. The van der Waals surface area contributed by atoms with Crippen LogP contribution in [0.15, 0.2) is 30.3 Å². The molecule has 1 aromatic rings. The fourth-order valence-corrected chi connectivity index (χ4v) is 1.48. The molecule has 1 saturated carbocycles. The molecule has 2 rings (SSSR count). The van der Waals surface area contributed by atoms with Gasteiger partial charge in [-0.1, -0.05) is 30.3 Å². The van der Waals surface area contributed by atoms with Crippen LogP contribution in [0.25, 0.3) is 0 Å². The average Bonchev–Trinajstić information content (AvgIpc) is 2.97. The van der Waals surface area contributed by atoms with Crippen LogP contribution in [0.3, 0.4) is 0 Å². The number of aldehydes is 1. The molecular weight excluding hydrogens is 164 g/mol. The number of carbonyl (C=O) groups is 2. The van der Waals surface area contributed by atoms with Gasteiger partial charge in [-0.05, 0) is 6.42 Å². The molecule has 0 saturated heterocycles. The Morgan fingerprint density at radius 2 is 2.00 bits per heavy atom. The first-order valence-electron chi connectivity index (χ1n) is 4.37. The number of Topliss-reactive ketones (excluding diaryl/α,β-unsaturated/α-hetero) is 1. The van der Waals surface area contributed by atoms with Crippen LogP contribution < -0.4 is 0 Å². The predicted molar refractivity (Wildman–Crippen MR) is 48.4 cm³/mol. The van der Waals surface area contributed by atoms with E-state index in [-0.39, 0.29) is 17.6 Å². The van der Waals surface area contributed by atoms with Crippen LogP contribution in [0.2, 0.25) is 0 Å². The molecule has 0 amide bonds. The number of carbonyl (C=O) groups excluding carboxylic acids is 2. The summed E-state index contributed by atoms with van der Waals surface area (Å²) in [7, 11) is 0. The van der Waals surface area contributed by atoms with Gasteiger partial charge in [0.25, 0.3) is 0 Å². The van der Waals surface area contributed by atoms with Crippen LogP contribution >= 0.6 is 0 Å². The van der Waals surface area contributed by atoms with E-state index in [1.165, 1.54) is 0 Å². The SMILES string of the molecule is O=C[C@H]1C[C@H]1C(=O)c1ccccc1. The first-order chi connectivity index (χ1) is 6.33. The number of ketones is 1. The Balaban J connectivity index is 2.11. The Hall–Kier alpha value is -1.44. The third-order valence-electron chi connectivity index (χ3n) is 2.41. The topological polar surface area (TPSA) is 34.1 Å². The van der Waals surface area contributed by atoms with Gasteiger partial charge in [0.1, 0.15) is 6.29 Å². The van der Waals surface area contributed by atoms with Crippen LogP contribution in [0.4, 0.5) is 0 Å². The summed E-state index contributed by atoms with van der Waals surface area (Å²) in [6, 6.07) is 9.14. The molecule has 2 heteroatoms. The number of hydrogen-bond acceptors (Lipinski definition) is 2. The van der Waals surface area contributed by atoms with E-state index in [0.29, 0.717) is 0 Å². The van der Waals surface area contributed by atoms with Crippen LogP contribution in [-0.4, -0.2) is 12.1 Å². The van der Waals surface area contributed by atoms with Crippen molar-refractivity contribution in [2.75, 3.05) is 0 Å². The van der Waals surface area contributed by atoms with Gasteiger partial charge in [-0.15, -0.1) is 0 Å². The highest BCUT2D eigenvalue weighted by atomic mass is 16.1. The van der Waals surface area contributed by atoms with Crippen molar-refractivity contribution in [2.24, 2.45) is 11.8 Å². The maximum atomic E-state index is 11.6. The third kappa shape index (κ3) is 1.52. The standard InChI is InChI=1S/C11H10O2/c12-7-9-6-10(9)11(13)8-4-2-1-3-5-8/h1-5,7,9-10H,6H2/t9-,10-/m1/s1. The fraction of sp³-hybridized carbons (Fsp3) is 0.273. The van der Waals surface area contributed by atoms with Crippen LogP contribution in [-0.2, 0) is 4.79 Å². The molecule has 0 unspecified atom stereocenters. The fourth-order valence-electron chi connectivity index (χ4n) is 1.48. The van der Waals surface area contributed by atoms with Crippen LogP contribution in [0, 0.1) is 11.8 Å². The molecule has 0 spiro atoms. The summed E-state index contributed by atoms with van der Waals surface area (Å²) in [5.41, 5.74) is 0.719. The van der Waals surface area contributed by atoms with E-state index in [1.807, 2.05) is 18.2 Å². The van der Waals surface area contributed by atoms with E-state index in [9.17, 15) is 9.59 Å². The Morgan fingerprint density at radius 1 is 1.31 bits per heavy atom. The Bertz CT molecular complexity index is 329. The summed E-state index contributed by atoms with van der Waals surface area (Å²) < 4.78 is 0. The van der Waals surface area contributed by atoms with Gasteiger partial charge in [0.05, 0.1) is 0 Å². The number of hydrogen-bond donors (Lipinski definition) is 0. The summed E-state index contributed by atoms with van der Waals surface area (Å²) in [5, 5.41) is 0. The monoisotopic (exact) mass is 174 g/mol. The lowest BCUT2D eigenvalue weighted by molar-refractivity contribution is -0.109. The molecule has 2 atom stereocenters. The van der Waals surface area contributed by atoms with Gasteiger partial charge in [-0.3, -0.25) is 4.79 Å². The molecule has 1 fully saturated rings. The van der Waals surface area contributed by atoms with Gasteiger partial charge in [0.15, 0.2) is 5.78 Å². The Labute approximate surface area is 76.6 Å². The molecule has 0 N–H and O–H groups in total. The zero-order valence-corrected chi connectivity index (χ0v) is 7.14. The van der Waals surface area contributed by atoms with Crippen LogP contribution in [0.5, 0.6) is 0 Å². The second kappa shape index (κ2) is 3.13. The van der Waals surface area contributed by atoms with Crippen molar-refractivity contribution in [3.63, 3.8) is 0 Å². The highest BCUT2D eigenvalue weighted by molar-refractivity contribution is 6.01. The maximum Gasteiger partial charge on any atom is 0.166 e. The Kier molecular flexibility index (Phi) is 1.97. The average molecular weight is 174 g/mol. The molecule has 66 valence electrons. The molecule has 2 nitrogen and oxygen atoms in total. The molecule has 0 aliphatic heterocycles. The molecule has 0 bridgehead atoms. The van der Waals surface area contributed by atoms with Gasteiger partial charge in [-0.2, -0.15) is 0 Å². The van der Waals surface area contributed by atoms with Gasteiger partial charge < -0.3 is 4.79 Å². The van der Waals surface area contributed by atoms with Crippen molar-refractivity contribution in [1.29, 1.82) is 0 Å². The van der Waals surface area contributed by atoms with Crippen molar-refractivity contribution in [3.05, 3.63) is 35.9 Å². The lowest BCUT2D eigenvalue weighted by Gasteiger charge is -1.96. The van der Waals surface area contributed by atoms with Crippen LogP contribution in [0.1, 0.15) is 16.8 Å². The summed E-state index contributed by atoms with van der Waals surface area (Å²) in [6.07, 6.45) is 1.61. The van der Waals surface area contributed by atoms with Crippen molar-refractivity contribution >= 4 is 12.1 Å². The van der Waals surface area contributed by atoms with E-state index in [0.717, 1.165) is 18.3 Å². The highest BCUT2D eigenvalue weighted by Crippen LogP contribution is 2.38. The second-order valence-electron chi connectivity index (χ2n) is 3.37. The first kappa shape index (κ1) is 8.17. The predicted octanol–water partition coefficient (Wildman–Crippen LogP) is 1.70. The van der Waals surface area contributed by atoms with E-state index in [2.05, 4.69) is 0 Å². The normalized spacial score (nSPS) is 25.2. The molecular formula is C11H10O2. The molecule has 1 aliphatic carbocycles. The molecule has 0 radical (unpaired) electrons. The first-order valence-corrected chi connectivity index (χ1v) is 4.37. The van der Waals surface area contributed by atoms with E-state index < -0.39 is 0 Å². The highest BCUT2D eigenvalue weighted by Gasteiger charge is 2.42. The van der Waals surface area contributed by atoms with Crippen molar-refractivity contribution in [3.8, 4) is 0 Å². The van der Waals surface area contributed by atoms with E-state index >= 15 is 0 Å². The van der Waals surface area contributed by atoms with Gasteiger partial charge in [-0.25, -0.2) is 0 Å². The van der Waals surface area contributed by atoms with E-state index in [4.69, 9.17) is 0 Å². The molecule has 0 aromatic heterocycles. The zero-order valence-electron chi connectivity index (χ0n) is 7.14. The summed E-state index contributed by atoms with van der Waals surface area (Å²) in [4.78, 5) is 22.0. The minimum atomic E-state index is -0.0418. The third-order valence-corrected chi connectivity index (χ3v) is 2.41. The van der Waals surface area contributed by atoms with Gasteiger partial charge >= 0.3 is 0 Å². The minimum Gasteiger partial charge on any atom is -0.303 e. The lowest BCUT2D eigenvalue weighted by atomic mass is 10.1. The van der Waals surface area contributed by atoms with Crippen molar-refractivity contribution in [2.45, 2.75) is 6.42 Å². The van der Waals surface area contributed by atoms with Gasteiger partial charge in [0, 0.05) is 17.4 Å². The minimum absolute atomic E-state index is 0.0206. The second-order valence-corrected chi connectivity index (χ2v) is 3.37. The van der Waals surface area contributed by atoms with Gasteiger partial charge in [0.2, 0.25) is 0 Å². The smallest absolute Gasteiger partial charge is 0.166 e. The largest absolute Gasteiger partial charge is 0.303 e. The molecule has 1 aliphatic rings.